The van der Waals surface area contributed by atoms with Gasteiger partial charge >= 0.3 is 0 Å². The number of methoxy groups -OCH3 is 1. The first-order valence-corrected chi connectivity index (χ1v) is 8.57. The number of benzene rings is 1. The van der Waals surface area contributed by atoms with Crippen LogP contribution in [0.4, 0.5) is 0 Å². The average molecular weight is 298 g/mol. The molecule has 0 N–H and O–H groups in total. The fraction of sp³-hybridized carbons (Fsp3) is 0.632. The lowest BCUT2D eigenvalue weighted by molar-refractivity contribution is 0.115. The summed E-state index contributed by atoms with van der Waals surface area (Å²) in [5, 5.41) is 9.85. The van der Waals surface area contributed by atoms with Gasteiger partial charge in [-0.25, -0.2) is 0 Å². The Balaban J connectivity index is 1.72. The number of hydrogen-bond donors (Lipinski definition) is 0. The first-order chi connectivity index (χ1) is 10.8. The van der Waals surface area contributed by atoms with E-state index in [1.807, 2.05) is 18.2 Å². The molecule has 1 aromatic rings. The Labute approximate surface area is 133 Å². The van der Waals surface area contributed by atoms with Crippen LogP contribution in [0.2, 0.25) is 0 Å². The molecule has 0 amide bonds. The quantitative estimate of drug-likeness (QED) is 0.849. The minimum absolute atomic E-state index is 0.319. The van der Waals surface area contributed by atoms with E-state index in [1.54, 1.807) is 7.11 Å². The van der Waals surface area contributed by atoms with Gasteiger partial charge in [-0.05, 0) is 69.3 Å². The van der Waals surface area contributed by atoms with Crippen LogP contribution in [0.5, 0.6) is 5.75 Å². The second kappa shape index (κ2) is 6.71. The first-order valence-electron chi connectivity index (χ1n) is 8.57. The normalized spacial score (nSPS) is 29.7. The Hall–Kier alpha value is -1.53. The first kappa shape index (κ1) is 15.4. The molecule has 3 nitrogen and oxygen atoms in total. The lowest BCUT2D eigenvalue weighted by Crippen LogP contribution is -2.44. The van der Waals surface area contributed by atoms with Gasteiger partial charge in [-0.15, -0.1) is 0 Å². The van der Waals surface area contributed by atoms with E-state index in [-0.39, 0.29) is 5.41 Å². The molecule has 118 valence electrons. The van der Waals surface area contributed by atoms with E-state index in [1.165, 1.54) is 32.4 Å². The maximum Gasteiger partial charge on any atom is 0.119 e. The molecule has 2 aliphatic rings. The van der Waals surface area contributed by atoms with Gasteiger partial charge in [-0.3, -0.25) is 0 Å². The monoisotopic (exact) mass is 298 g/mol. The van der Waals surface area contributed by atoms with Crippen molar-refractivity contribution in [2.24, 2.45) is 0 Å². The predicted octanol–water partition coefficient (Wildman–Crippen LogP) is 3.89. The zero-order valence-corrected chi connectivity index (χ0v) is 13.6. The summed E-state index contributed by atoms with van der Waals surface area (Å²) in [4.78, 5) is 2.66. The number of hydrogen-bond acceptors (Lipinski definition) is 3. The van der Waals surface area contributed by atoms with Gasteiger partial charge in [-0.1, -0.05) is 18.6 Å². The van der Waals surface area contributed by atoms with Crippen molar-refractivity contribution in [2.45, 2.75) is 56.4 Å². The summed E-state index contributed by atoms with van der Waals surface area (Å²) < 4.78 is 5.33. The molecule has 0 aromatic heterocycles. The van der Waals surface area contributed by atoms with Crippen LogP contribution in [0.3, 0.4) is 0 Å². The van der Waals surface area contributed by atoms with Gasteiger partial charge < -0.3 is 9.64 Å². The van der Waals surface area contributed by atoms with Crippen LogP contribution in [0, 0.1) is 11.3 Å². The lowest BCUT2D eigenvalue weighted by atomic mass is 9.69. The number of rotatable bonds is 3. The summed E-state index contributed by atoms with van der Waals surface area (Å²) >= 11 is 0. The molecular formula is C19H26N2O. The zero-order valence-electron chi connectivity index (χ0n) is 13.6. The molecule has 3 heteroatoms. The average Bonchev–Trinajstić information content (AvgIpc) is 2.62. The predicted molar refractivity (Wildman–Crippen MR) is 88.0 cm³/mol. The number of likely N-dealkylation sites (tertiary alicyclic amines) is 1. The Morgan fingerprint density at radius 3 is 2.55 bits per heavy atom. The number of ether oxygens (including phenoxy) is 1. The van der Waals surface area contributed by atoms with Crippen molar-refractivity contribution in [3.8, 4) is 11.8 Å². The maximum atomic E-state index is 9.85. The molecule has 1 aromatic carbocycles. The summed E-state index contributed by atoms with van der Waals surface area (Å²) in [6, 6.07) is 11.4. The van der Waals surface area contributed by atoms with E-state index < -0.39 is 0 Å². The molecule has 0 atom stereocenters. The van der Waals surface area contributed by atoms with Crippen molar-refractivity contribution in [1.29, 1.82) is 5.26 Å². The molecule has 1 saturated heterocycles. The third-order valence-electron chi connectivity index (χ3n) is 5.55. The van der Waals surface area contributed by atoms with E-state index in [9.17, 15) is 5.26 Å². The van der Waals surface area contributed by atoms with Crippen LogP contribution in [-0.4, -0.2) is 31.1 Å². The van der Waals surface area contributed by atoms with Crippen LogP contribution in [0.15, 0.2) is 24.3 Å². The van der Waals surface area contributed by atoms with Crippen molar-refractivity contribution in [2.75, 3.05) is 20.2 Å². The van der Waals surface area contributed by atoms with Crippen molar-refractivity contribution in [3.05, 3.63) is 29.8 Å². The van der Waals surface area contributed by atoms with E-state index >= 15 is 0 Å². The highest BCUT2D eigenvalue weighted by Gasteiger charge is 2.39. The molecular weight excluding hydrogens is 272 g/mol. The Bertz CT molecular complexity index is 535. The highest BCUT2D eigenvalue weighted by Crippen LogP contribution is 2.41. The van der Waals surface area contributed by atoms with Crippen molar-refractivity contribution in [1.82, 2.24) is 4.90 Å². The minimum Gasteiger partial charge on any atom is -0.497 e. The van der Waals surface area contributed by atoms with Gasteiger partial charge in [0, 0.05) is 6.04 Å². The molecule has 0 radical (unpaired) electrons. The second-order valence-corrected chi connectivity index (χ2v) is 6.75. The zero-order chi connectivity index (χ0) is 15.4. The Morgan fingerprint density at radius 1 is 1.18 bits per heavy atom. The molecule has 0 unspecified atom stereocenters. The number of piperidine rings is 1. The van der Waals surface area contributed by atoms with Gasteiger partial charge in [0.05, 0.1) is 18.6 Å². The van der Waals surface area contributed by atoms with Crippen LogP contribution >= 0.6 is 0 Å². The van der Waals surface area contributed by atoms with E-state index in [2.05, 4.69) is 17.0 Å². The second-order valence-electron chi connectivity index (χ2n) is 6.75. The molecule has 1 heterocycles. The molecule has 0 bridgehead atoms. The van der Waals surface area contributed by atoms with Gasteiger partial charge in [-0.2, -0.15) is 5.26 Å². The van der Waals surface area contributed by atoms with Gasteiger partial charge in [0.15, 0.2) is 0 Å². The maximum absolute atomic E-state index is 9.85. The molecule has 1 aliphatic heterocycles. The van der Waals surface area contributed by atoms with Gasteiger partial charge in [0.2, 0.25) is 0 Å². The fourth-order valence-corrected chi connectivity index (χ4v) is 4.13. The van der Waals surface area contributed by atoms with Crippen LogP contribution < -0.4 is 4.74 Å². The van der Waals surface area contributed by atoms with Gasteiger partial charge in [0.1, 0.15) is 5.75 Å². The van der Waals surface area contributed by atoms with E-state index in [0.717, 1.165) is 37.0 Å². The molecule has 1 saturated carbocycles. The smallest absolute Gasteiger partial charge is 0.119 e. The third kappa shape index (κ3) is 2.98. The Kier molecular flexibility index (Phi) is 4.69. The number of nitrogens with zero attached hydrogens (tertiary/aromatic N) is 2. The minimum atomic E-state index is -0.319. The summed E-state index contributed by atoms with van der Waals surface area (Å²) in [6.45, 7) is 2.51. The van der Waals surface area contributed by atoms with Crippen molar-refractivity contribution < 1.29 is 4.74 Å². The summed E-state index contributed by atoms with van der Waals surface area (Å²) in [6.07, 6.45) is 8.30. The molecule has 2 fully saturated rings. The molecule has 22 heavy (non-hydrogen) atoms. The highest BCUT2D eigenvalue weighted by atomic mass is 16.5. The van der Waals surface area contributed by atoms with Crippen LogP contribution in [0.25, 0.3) is 0 Å². The summed E-state index contributed by atoms with van der Waals surface area (Å²) in [5.74, 6) is 0.852. The van der Waals surface area contributed by atoms with Crippen molar-refractivity contribution >= 4 is 0 Å². The Morgan fingerprint density at radius 2 is 1.91 bits per heavy atom. The van der Waals surface area contributed by atoms with Gasteiger partial charge in [0.25, 0.3) is 0 Å². The van der Waals surface area contributed by atoms with Crippen molar-refractivity contribution in [3.63, 3.8) is 0 Å². The number of nitriles is 1. The van der Waals surface area contributed by atoms with Crippen LogP contribution in [-0.2, 0) is 5.41 Å². The molecule has 1 aliphatic carbocycles. The molecule has 0 spiro atoms. The fourth-order valence-electron chi connectivity index (χ4n) is 4.13. The lowest BCUT2D eigenvalue weighted by Gasteiger charge is -2.42. The summed E-state index contributed by atoms with van der Waals surface area (Å²) in [5.41, 5.74) is 0.812. The summed E-state index contributed by atoms with van der Waals surface area (Å²) in [7, 11) is 1.69. The topological polar surface area (TPSA) is 36.3 Å². The standard InChI is InChI=1S/C19H26N2O/c1-22-18-7-5-6-16(14-18)19(15-20)10-8-17(9-11-19)21-12-3-2-4-13-21/h5-7,14,17H,2-4,8-13H2,1H3/t17-,19-. The third-order valence-corrected chi connectivity index (χ3v) is 5.55. The largest absolute Gasteiger partial charge is 0.497 e. The highest BCUT2D eigenvalue weighted by molar-refractivity contribution is 5.38. The SMILES string of the molecule is COc1cccc([C@]2(C#N)CC[C@@H](N3CCCCC3)CC2)c1. The molecule has 3 rings (SSSR count). The van der Waals surface area contributed by atoms with Crippen LogP contribution in [0.1, 0.15) is 50.5 Å². The van der Waals surface area contributed by atoms with E-state index in [0.29, 0.717) is 6.04 Å². The van der Waals surface area contributed by atoms with E-state index in [4.69, 9.17) is 4.74 Å².